The van der Waals surface area contributed by atoms with E-state index in [4.69, 9.17) is 0 Å². The number of aliphatic carboxylic acids is 1. The molecule has 0 fully saturated rings. The van der Waals surface area contributed by atoms with Crippen LogP contribution >= 0.6 is 23.1 Å². The van der Waals surface area contributed by atoms with Gasteiger partial charge in [0.1, 0.15) is 9.88 Å². The van der Waals surface area contributed by atoms with Crippen LogP contribution in [0.2, 0.25) is 0 Å². The average Bonchev–Trinajstić information content (AvgIpc) is 2.86. The molecule has 0 amide bonds. The number of thiazole rings is 1. The molecular formula is C12H20N2O2S2. The molecule has 1 atom stereocenters. The maximum Gasteiger partial charge on any atom is 0.323 e. The Kier molecular flexibility index (Phi) is 6.67. The van der Waals surface area contributed by atoms with E-state index < -0.39 is 11.5 Å². The average molecular weight is 288 g/mol. The van der Waals surface area contributed by atoms with Crippen molar-refractivity contribution in [3.63, 3.8) is 0 Å². The minimum absolute atomic E-state index is 0.609. The molecule has 0 spiro atoms. The van der Waals surface area contributed by atoms with Crippen molar-refractivity contribution >= 4 is 29.1 Å². The second-order valence-corrected chi connectivity index (χ2v) is 6.26. The van der Waals surface area contributed by atoms with Crippen molar-refractivity contribution in [1.82, 2.24) is 10.3 Å². The molecule has 0 aliphatic rings. The van der Waals surface area contributed by atoms with E-state index >= 15 is 0 Å². The monoisotopic (exact) mass is 288 g/mol. The van der Waals surface area contributed by atoms with E-state index in [1.54, 1.807) is 29.3 Å². The number of carboxylic acids is 1. The van der Waals surface area contributed by atoms with Crippen LogP contribution in [0.3, 0.4) is 0 Å². The third-order valence-corrected chi connectivity index (χ3v) is 4.96. The summed E-state index contributed by atoms with van der Waals surface area (Å²) in [7, 11) is 0. The lowest BCUT2D eigenvalue weighted by Crippen LogP contribution is -2.51. The van der Waals surface area contributed by atoms with Gasteiger partial charge in [-0.1, -0.05) is 25.6 Å². The van der Waals surface area contributed by atoms with E-state index in [2.05, 4.69) is 10.3 Å². The second kappa shape index (κ2) is 7.76. The first-order valence-corrected chi connectivity index (χ1v) is 8.02. The highest BCUT2D eigenvalue weighted by Gasteiger charge is 2.34. The zero-order valence-corrected chi connectivity index (χ0v) is 12.4. The molecule has 0 aromatic carbocycles. The summed E-state index contributed by atoms with van der Waals surface area (Å²) in [6, 6.07) is 0. The van der Waals surface area contributed by atoms with Gasteiger partial charge in [-0.25, -0.2) is 4.98 Å². The Balaban J connectivity index is 2.39. The van der Waals surface area contributed by atoms with Crippen molar-refractivity contribution in [2.24, 2.45) is 0 Å². The SMILES string of the molecule is CCNC(CC)(CCCSc1nccs1)C(=O)O. The van der Waals surface area contributed by atoms with Crippen LogP contribution in [0.25, 0.3) is 0 Å². The van der Waals surface area contributed by atoms with Crippen molar-refractivity contribution in [1.29, 1.82) is 0 Å². The molecule has 1 heterocycles. The van der Waals surface area contributed by atoms with E-state index in [9.17, 15) is 9.90 Å². The van der Waals surface area contributed by atoms with Crippen LogP contribution in [-0.2, 0) is 4.79 Å². The first kappa shape index (κ1) is 15.5. The summed E-state index contributed by atoms with van der Waals surface area (Å²) in [6.45, 7) is 4.54. The zero-order valence-electron chi connectivity index (χ0n) is 10.8. The Hall–Kier alpha value is -0.590. The van der Waals surface area contributed by atoms with Gasteiger partial charge in [0, 0.05) is 17.3 Å². The zero-order chi connectivity index (χ0) is 13.4. The van der Waals surface area contributed by atoms with Crippen molar-refractivity contribution in [3.05, 3.63) is 11.6 Å². The fourth-order valence-corrected chi connectivity index (χ4v) is 3.52. The lowest BCUT2D eigenvalue weighted by Gasteiger charge is -2.29. The normalized spacial score (nSPS) is 14.3. The topological polar surface area (TPSA) is 62.2 Å². The van der Waals surface area contributed by atoms with Crippen LogP contribution in [0.5, 0.6) is 0 Å². The Labute approximate surface area is 116 Å². The number of rotatable bonds is 9. The molecule has 18 heavy (non-hydrogen) atoms. The molecule has 1 unspecified atom stereocenters. The molecule has 0 radical (unpaired) electrons. The number of carboxylic acid groups (broad SMARTS) is 1. The number of hydrogen-bond donors (Lipinski definition) is 2. The molecule has 0 saturated heterocycles. The fourth-order valence-electron chi connectivity index (χ4n) is 1.88. The highest BCUT2D eigenvalue weighted by molar-refractivity contribution is 8.00. The van der Waals surface area contributed by atoms with E-state index in [0.717, 1.165) is 16.5 Å². The van der Waals surface area contributed by atoms with Crippen LogP contribution in [0.15, 0.2) is 15.9 Å². The van der Waals surface area contributed by atoms with Crippen molar-refractivity contribution in [2.45, 2.75) is 43.0 Å². The largest absolute Gasteiger partial charge is 0.480 e. The van der Waals surface area contributed by atoms with Gasteiger partial charge in [0.05, 0.1) is 0 Å². The van der Waals surface area contributed by atoms with Gasteiger partial charge in [-0.2, -0.15) is 0 Å². The van der Waals surface area contributed by atoms with Gasteiger partial charge in [-0.05, 0) is 25.8 Å². The molecule has 0 aliphatic heterocycles. The number of thioether (sulfide) groups is 1. The molecule has 0 saturated carbocycles. The quantitative estimate of drug-likeness (QED) is 0.540. The Bertz CT molecular complexity index is 357. The van der Waals surface area contributed by atoms with E-state index in [-0.39, 0.29) is 0 Å². The Morgan fingerprint density at radius 1 is 1.61 bits per heavy atom. The lowest BCUT2D eigenvalue weighted by molar-refractivity contribution is -0.145. The van der Waals surface area contributed by atoms with Gasteiger partial charge in [0.2, 0.25) is 0 Å². The Morgan fingerprint density at radius 3 is 2.89 bits per heavy atom. The summed E-state index contributed by atoms with van der Waals surface area (Å²) in [5, 5.41) is 14.4. The molecule has 1 rings (SSSR count). The maximum atomic E-state index is 11.4. The van der Waals surface area contributed by atoms with E-state index in [1.165, 1.54) is 0 Å². The van der Waals surface area contributed by atoms with Crippen LogP contribution in [0.1, 0.15) is 33.1 Å². The molecule has 0 aliphatic carbocycles. The maximum absolute atomic E-state index is 11.4. The second-order valence-electron chi connectivity index (χ2n) is 4.02. The fraction of sp³-hybridized carbons (Fsp3) is 0.667. The first-order valence-electron chi connectivity index (χ1n) is 6.15. The first-order chi connectivity index (χ1) is 8.64. The van der Waals surface area contributed by atoms with Crippen LogP contribution in [-0.4, -0.2) is 33.9 Å². The number of nitrogens with zero attached hydrogens (tertiary/aromatic N) is 1. The smallest absolute Gasteiger partial charge is 0.323 e. The third-order valence-electron chi connectivity index (χ3n) is 2.91. The van der Waals surface area contributed by atoms with Crippen LogP contribution < -0.4 is 5.32 Å². The molecule has 102 valence electrons. The number of hydrogen-bond acceptors (Lipinski definition) is 5. The van der Waals surface area contributed by atoms with Crippen LogP contribution in [0, 0.1) is 0 Å². The number of aromatic nitrogens is 1. The highest BCUT2D eigenvalue weighted by Crippen LogP contribution is 2.24. The van der Waals surface area contributed by atoms with Crippen molar-refractivity contribution in [2.75, 3.05) is 12.3 Å². The molecule has 4 nitrogen and oxygen atoms in total. The predicted octanol–water partition coefficient (Wildman–Crippen LogP) is 2.86. The van der Waals surface area contributed by atoms with Gasteiger partial charge in [0.15, 0.2) is 0 Å². The summed E-state index contributed by atoms with van der Waals surface area (Å²) in [5.41, 5.74) is -0.766. The van der Waals surface area contributed by atoms with Gasteiger partial charge in [-0.15, -0.1) is 11.3 Å². The lowest BCUT2D eigenvalue weighted by atomic mass is 9.91. The molecule has 1 aromatic rings. The Morgan fingerprint density at radius 2 is 2.39 bits per heavy atom. The predicted molar refractivity (Wildman–Crippen MR) is 76.4 cm³/mol. The van der Waals surface area contributed by atoms with E-state index in [0.29, 0.717) is 19.4 Å². The standard InChI is InChI=1S/C12H20N2O2S2/c1-3-12(10(15)16,14-4-2)6-5-8-17-11-13-7-9-18-11/h7,9,14H,3-6,8H2,1-2H3,(H,15,16). The minimum atomic E-state index is -0.766. The summed E-state index contributed by atoms with van der Waals surface area (Å²) in [5.74, 6) is 0.166. The van der Waals surface area contributed by atoms with E-state index in [1.807, 2.05) is 19.2 Å². The summed E-state index contributed by atoms with van der Waals surface area (Å²) >= 11 is 3.32. The minimum Gasteiger partial charge on any atom is -0.480 e. The number of carbonyl (C=O) groups is 1. The van der Waals surface area contributed by atoms with Gasteiger partial charge in [0.25, 0.3) is 0 Å². The van der Waals surface area contributed by atoms with Crippen molar-refractivity contribution < 1.29 is 9.90 Å². The molecule has 6 heteroatoms. The molecule has 1 aromatic heterocycles. The highest BCUT2D eigenvalue weighted by atomic mass is 32.2. The molecule has 2 N–H and O–H groups in total. The summed E-state index contributed by atoms with van der Waals surface area (Å²) < 4.78 is 1.05. The van der Waals surface area contributed by atoms with Crippen molar-refractivity contribution in [3.8, 4) is 0 Å². The summed E-state index contributed by atoms with van der Waals surface area (Å²) in [6.07, 6.45) is 3.93. The number of likely N-dealkylation sites (N-methyl/N-ethyl adjacent to an activating group) is 1. The summed E-state index contributed by atoms with van der Waals surface area (Å²) in [4.78, 5) is 15.6. The van der Waals surface area contributed by atoms with Gasteiger partial charge >= 0.3 is 5.97 Å². The molecule has 0 bridgehead atoms. The van der Waals surface area contributed by atoms with Gasteiger partial charge < -0.3 is 10.4 Å². The third kappa shape index (κ3) is 4.26. The number of nitrogens with one attached hydrogen (secondary N) is 1. The molecular weight excluding hydrogens is 268 g/mol. The van der Waals surface area contributed by atoms with Gasteiger partial charge in [-0.3, -0.25) is 4.79 Å². The van der Waals surface area contributed by atoms with Crippen LogP contribution in [0.4, 0.5) is 0 Å².